The molecule has 0 aliphatic rings. The van der Waals surface area contributed by atoms with Crippen molar-refractivity contribution in [1.29, 1.82) is 0 Å². The molecule has 15 heavy (non-hydrogen) atoms. The molecular formula is C8H8N2O5. The molecule has 7 nitrogen and oxygen atoms in total. The van der Waals surface area contributed by atoms with E-state index in [0.717, 1.165) is 18.3 Å². The van der Waals surface area contributed by atoms with Crippen molar-refractivity contribution in [2.24, 2.45) is 5.16 Å². The molecule has 1 rings (SSSR count). The number of methoxy groups -OCH3 is 1. The molecule has 0 saturated heterocycles. The Labute approximate surface area is 84.4 Å². The van der Waals surface area contributed by atoms with Crippen LogP contribution in [-0.2, 0) is 0 Å². The third-order valence-corrected chi connectivity index (χ3v) is 1.72. The van der Waals surface area contributed by atoms with Gasteiger partial charge in [-0.15, -0.1) is 0 Å². The van der Waals surface area contributed by atoms with Crippen molar-refractivity contribution in [3.05, 3.63) is 27.8 Å². The van der Waals surface area contributed by atoms with Gasteiger partial charge in [0.05, 0.1) is 24.3 Å². The van der Waals surface area contributed by atoms with Crippen LogP contribution in [0.4, 0.5) is 5.69 Å². The Morgan fingerprint density at radius 1 is 1.60 bits per heavy atom. The highest BCUT2D eigenvalue weighted by Crippen LogP contribution is 2.33. The predicted molar refractivity (Wildman–Crippen MR) is 50.7 cm³/mol. The van der Waals surface area contributed by atoms with Gasteiger partial charge in [0, 0.05) is 11.6 Å². The third-order valence-electron chi connectivity index (χ3n) is 1.72. The van der Waals surface area contributed by atoms with Crippen LogP contribution in [0.2, 0.25) is 0 Å². The van der Waals surface area contributed by atoms with Crippen LogP contribution < -0.4 is 4.74 Å². The SMILES string of the molecule is COc1cc([N+](=O)[O-])cc(/C=N/O)c1O. The smallest absolute Gasteiger partial charge is 0.274 e. The minimum atomic E-state index is -0.642. The molecule has 0 atom stereocenters. The van der Waals surface area contributed by atoms with Crippen molar-refractivity contribution in [3.8, 4) is 11.5 Å². The Balaban J connectivity index is 3.37. The van der Waals surface area contributed by atoms with Crippen molar-refractivity contribution < 1.29 is 20.0 Å². The van der Waals surface area contributed by atoms with Gasteiger partial charge in [0.15, 0.2) is 11.5 Å². The second kappa shape index (κ2) is 4.27. The van der Waals surface area contributed by atoms with Crippen LogP contribution in [0.3, 0.4) is 0 Å². The summed E-state index contributed by atoms with van der Waals surface area (Å²) in [4.78, 5) is 9.86. The third kappa shape index (κ3) is 2.13. The summed E-state index contributed by atoms with van der Waals surface area (Å²) in [5.74, 6) is -0.375. The number of nitrogens with zero attached hydrogens (tertiary/aromatic N) is 2. The van der Waals surface area contributed by atoms with Crippen molar-refractivity contribution in [1.82, 2.24) is 0 Å². The van der Waals surface area contributed by atoms with E-state index in [0.29, 0.717) is 0 Å². The van der Waals surface area contributed by atoms with Crippen LogP contribution in [0.25, 0.3) is 0 Å². The van der Waals surface area contributed by atoms with Crippen molar-refractivity contribution in [2.75, 3.05) is 7.11 Å². The zero-order valence-electron chi connectivity index (χ0n) is 7.75. The van der Waals surface area contributed by atoms with Crippen molar-refractivity contribution >= 4 is 11.9 Å². The molecule has 0 amide bonds. The summed E-state index contributed by atoms with van der Waals surface area (Å²) < 4.78 is 4.73. The average Bonchev–Trinajstić information content (AvgIpc) is 2.21. The molecule has 1 aromatic rings. The summed E-state index contributed by atoms with van der Waals surface area (Å²) in [7, 11) is 1.26. The number of hydrogen-bond donors (Lipinski definition) is 2. The highest BCUT2D eigenvalue weighted by Gasteiger charge is 2.15. The number of ether oxygens (including phenoxy) is 1. The van der Waals surface area contributed by atoms with Crippen molar-refractivity contribution in [2.45, 2.75) is 0 Å². The molecule has 1 aromatic carbocycles. The molecule has 0 unspecified atom stereocenters. The highest BCUT2D eigenvalue weighted by molar-refractivity contribution is 5.85. The second-order valence-corrected chi connectivity index (χ2v) is 2.59. The molecule has 0 bridgehead atoms. The Kier molecular flexibility index (Phi) is 3.06. The maximum Gasteiger partial charge on any atom is 0.274 e. The molecule has 2 N–H and O–H groups in total. The van der Waals surface area contributed by atoms with E-state index < -0.39 is 4.92 Å². The molecule has 0 aliphatic carbocycles. The Hall–Kier alpha value is -2.31. The van der Waals surface area contributed by atoms with Crippen LogP contribution in [0.15, 0.2) is 17.3 Å². The van der Waals surface area contributed by atoms with Gasteiger partial charge in [-0.25, -0.2) is 0 Å². The lowest BCUT2D eigenvalue weighted by Crippen LogP contribution is -1.94. The number of phenolic OH excluding ortho intramolecular Hbond substituents is 1. The fourth-order valence-corrected chi connectivity index (χ4v) is 1.04. The lowest BCUT2D eigenvalue weighted by Gasteiger charge is -2.05. The Morgan fingerprint density at radius 3 is 2.73 bits per heavy atom. The van der Waals surface area contributed by atoms with Crippen LogP contribution in [0, 0.1) is 10.1 Å². The Bertz CT molecular complexity index is 416. The van der Waals surface area contributed by atoms with E-state index in [1.807, 2.05) is 0 Å². The van der Waals surface area contributed by atoms with Crippen LogP contribution in [-0.4, -0.2) is 28.6 Å². The summed E-state index contributed by atoms with van der Waals surface area (Å²) in [5.41, 5.74) is -0.261. The number of rotatable bonds is 3. The standard InChI is InChI=1S/C8H8N2O5/c1-15-7-3-6(10(13)14)2-5(4-9-12)8(7)11/h2-4,11-12H,1H3/b9-4+. The predicted octanol–water partition coefficient (Wildman–Crippen LogP) is 1.12. The molecule has 0 radical (unpaired) electrons. The lowest BCUT2D eigenvalue weighted by molar-refractivity contribution is -0.385. The number of phenols is 1. The molecule has 7 heteroatoms. The summed E-state index contributed by atoms with van der Waals surface area (Å²) in [6.07, 6.45) is 0.880. The summed E-state index contributed by atoms with van der Waals surface area (Å²) >= 11 is 0. The lowest BCUT2D eigenvalue weighted by atomic mass is 10.2. The van der Waals surface area contributed by atoms with Crippen LogP contribution in [0.1, 0.15) is 5.56 Å². The van der Waals surface area contributed by atoms with Crippen LogP contribution >= 0.6 is 0 Å². The minimum Gasteiger partial charge on any atom is -0.504 e. The zero-order chi connectivity index (χ0) is 11.4. The molecule has 80 valence electrons. The Morgan fingerprint density at radius 2 is 2.27 bits per heavy atom. The summed E-state index contributed by atoms with van der Waals surface area (Å²) in [6.45, 7) is 0. The fourth-order valence-electron chi connectivity index (χ4n) is 1.04. The topological polar surface area (TPSA) is 105 Å². The fraction of sp³-hybridized carbons (Fsp3) is 0.125. The van der Waals surface area contributed by atoms with E-state index in [1.165, 1.54) is 7.11 Å². The quantitative estimate of drug-likeness (QED) is 0.338. The monoisotopic (exact) mass is 212 g/mol. The number of nitro benzene ring substituents is 1. The number of nitro groups is 1. The van der Waals surface area contributed by atoms with E-state index in [2.05, 4.69) is 5.16 Å². The first-order valence-corrected chi connectivity index (χ1v) is 3.83. The summed E-state index contributed by atoms with van der Waals surface area (Å²) in [6, 6.07) is 2.14. The van der Waals surface area contributed by atoms with Gasteiger partial charge >= 0.3 is 0 Å². The average molecular weight is 212 g/mol. The molecule has 0 spiro atoms. The zero-order valence-corrected chi connectivity index (χ0v) is 7.75. The minimum absolute atomic E-state index is 0.00329. The second-order valence-electron chi connectivity index (χ2n) is 2.59. The number of non-ortho nitro benzene ring substituents is 1. The first-order chi connectivity index (χ1) is 7.10. The molecule has 0 heterocycles. The normalized spacial score (nSPS) is 10.5. The molecule has 0 fully saturated rings. The van der Waals surface area contributed by atoms with Crippen LogP contribution in [0.5, 0.6) is 11.5 Å². The molecule has 0 saturated carbocycles. The van der Waals surface area contributed by atoms with Gasteiger partial charge in [0.2, 0.25) is 0 Å². The van der Waals surface area contributed by atoms with Gasteiger partial charge in [-0.1, -0.05) is 5.16 Å². The number of benzene rings is 1. The van der Waals surface area contributed by atoms with Gasteiger partial charge in [0.25, 0.3) is 5.69 Å². The molecule has 0 aliphatic heterocycles. The maximum absolute atomic E-state index is 10.5. The molecule has 0 aromatic heterocycles. The van der Waals surface area contributed by atoms with Gasteiger partial charge in [0.1, 0.15) is 0 Å². The first kappa shape index (κ1) is 10.8. The van der Waals surface area contributed by atoms with Crippen molar-refractivity contribution in [3.63, 3.8) is 0 Å². The van der Waals surface area contributed by atoms with E-state index in [9.17, 15) is 15.2 Å². The number of hydrogen-bond acceptors (Lipinski definition) is 6. The van der Waals surface area contributed by atoms with Gasteiger partial charge in [-0.05, 0) is 0 Å². The maximum atomic E-state index is 10.5. The van der Waals surface area contributed by atoms with E-state index in [4.69, 9.17) is 9.94 Å². The molecular weight excluding hydrogens is 204 g/mol. The number of oxime groups is 1. The van der Waals surface area contributed by atoms with E-state index in [1.54, 1.807) is 0 Å². The largest absolute Gasteiger partial charge is 0.504 e. The summed E-state index contributed by atoms with van der Waals surface area (Å²) in [5, 5.41) is 30.9. The van der Waals surface area contributed by atoms with Gasteiger partial charge < -0.3 is 15.1 Å². The first-order valence-electron chi connectivity index (χ1n) is 3.83. The van der Waals surface area contributed by atoms with E-state index in [-0.39, 0.29) is 22.7 Å². The van der Waals surface area contributed by atoms with Gasteiger partial charge in [-0.2, -0.15) is 0 Å². The van der Waals surface area contributed by atoms with E-state index >= 15 is 0 Å². The highest BCUT2D eigenvalue weighted by atomic mass is 16.6. The van der Waals surface area contributed by atoms with Gasteiger partial charge in [-0.3, -0.25) is 10.1 Å². The number of aromatic hydroxyl groups is 1.